The average Bonchev–Trinajstić information content (AvgIpc) is 2.83. The Hall–Kier alpha value is -1.21. The molecular formula is C9H13N3O3S. The fraction of sp³-hybridized carbons (Fsp3) is 0.667. The molecule has 0 aromatic carbocycles. The third-order valence-electron chi connectivity index (χ3n) is 2.38. The van der Waals surface area contributed by atoms with Crippen LogP contribution in [-0.2, 0) is 14.3 Å². The summed E-state index contributed by atoms with van der Waals surface area (Å²) in [5.41, 5.74) is 1.69. The molecule has 6 nitrogen and oxygen atoms in total. The fourth-order valence-electron chi connectivity index (χ4n) is 1.59. The maximum absolute atomic E-state index is 11.1. The van der Waals surface area contributed by atoms with Gasteiger partial charge >= 0.3 is 5.97 Å². The van der Waals surface area contributed by atoms with Crippen LogP contribution in [0.2, 0.25) is 0 Å². The molecule has 0 bridgehead atoms. The van der Waals surface area contributed by atoms with Gasteiger partial charge < -0.3 is 14.4 Å². The van der Waals surface area contributed by atoms with Gasteiger partial charge in [-0.2, -0.15) is 0 Å². The van der Waals surface area contributed by atoms with Crippen molar-refractivity contribution in [1.82, 2.24) is 10.2 Å². The highest BCUT2D eigenvalue weighted by atomic mass is 32.1. The quantitative estimate of drug-likeness (QED) is 0.712. The van der Waals surface area contributed by atoms with Gasteiger partial charge in [0.1, 0.15) is 5.51 Å². The Morgan fingerprint density at radius 3 is 3.38 bits per heavy atom. The summed E-state index contributed by atoms with van der Waals surface area (Å²) in [4.78, 5) is 13.2. The molecule has 1 unspecified atom stereocenters. The number of hydrogen-bond acceptors (Lipinski definition) is 7. The number of carbonyl (C=O) groups excluding carboxylic acids is 1. The van der Waals surface area contributed by atoms with Crippen LogP contribution >= 0.6 is 11.3 Å². The normalized spacial score (nSPS) is 20.8. The van der Waals surface area contributed by atoms with Gasteiger partial charge in [0.05, 0.1) is 26.2 Å². The lowest BCUT2D eigenvalue weighted by molar-refractivity contribution is -0.144. The molecular weight excluding hydrogens is 230 g/mol. The Labute approximate surface area is 97.2 Å². The van der Waals surface area contributed by atoms with E-state index in [1.54, 1.807) is 5.51 Å². The molecule has 1 saturated heterocycles. The van der Waals surface area contributed by atoms with Gasteiger partial charge in [0.25, 0.3) is 0 Å². The zero-order valence-corrected chi connectivity index (χ0v) is 9.77. The lowest BCUT2D eigenvalue weighted by atomic mass is 10.2. The lowest BCUT2D eigenvalue weighted by Crippen LogP contribution is -2.43. The number of rotatable bonds is 3. The first-order valence-electron chi connectivity index (χ1n) is 4.99. The van der Waals surface area contributed by atoms with Gasteiger partial charge in [0, 0.05) is 13.1 Å². The number of anilines is 1. The summed E-state index contributed by atoms with van der Waals surface area (Å²) in [5.74, 6) is -0.246. The van der Waals surface area contributed by atoms with Crippen LogP contribution in [0.25, 0.3) is 0 Å². The van der Waals surface area contributed by atoms with Gasteiger partial charge in [-0.25, -0.2) is 0 Å². The standard InChI is InChI=1S/C9H13N3O3S/c1-14-8(13)4-7-5-12(2-3-15-7)9-11-10-6-16-9/h6-7H,2-5H2,1H3. The van der Waals surface area contributed by atoms with Gasteiger partial charge in [-0.1, -0.05) is 11.3 Å². The number of nitrogens with zero attached hydrogens (tertiary/aromatic N) is 3. The molecule has 2 rings (SSSR count). The molecule has 0 radical (unpaired) electrons. The Morgan fingerprint density at radius 2 is 2.69 bits per heavy atom. The molecule has 0 aliphatic carbocycles. The SMILES string of the molecule is COC(=O)CC1CN(c2nncs2)CCO1. The summed E-state index contributed by atoms with van der Waals surface area (Å²) < 4.78 is 10.1. The number of methoxy groups -OCH3 is 1. The Balaban J connectivity index is 1.91. The fourth-order valence-corrected chi connectivity index (χ4v) is 2.19. The van der Waals surface area contributed by atoms with Crippen molar-refractivity contribution in [3.63, 3.8) is 0 Å². The van der Waals surface area contributed by atoms with Gasteiger partial charge in [-0.15, -0.1) is 10.2 Å². The number of carbonyl (C=O) groups is 1. The molecule has 1 aromatic heterocycles. The maximum Gasteiger partial charge on any atom is 0.308 e. The number of hydrogen-bond donors (Lipinski definition) is 0. The molecule has 16 heavy (non-hydrogen) atoms. The van der Waals surface area contributed by atoms with Crippen LogP contribution in [0.3, 0.4) is 0 Å². The summed E-state index contributed by atoms with van der Waals surface area (Å²) in [7, 11) is 1.38. The smallest absolute Gasteiger partial charge is 0.308 e. The third kappa shape index (κ3) is 2.67. The molecule has 7 heteroatoms. The van der Waals surface area contributed by atoms with E-state index in [4.69, 9.17) is 4.74 Å². The molecule has 0 amide bonds. The molecule has 88 valence electrons. The highest BCUT2D eigenvalue weighted by molar-refractivity contribution is 7.13. The van der Waals surface area contributed by atoms with E-state index in [-0.39, 0.29) is 18.5 Å². The van der Waals surface area contributed by atoms with Crippen molar-refractivity contribution in [3.05, 3.63) is 5.51 Å². The first kappa shape index (κ1) is 11.3. The van der Waals surface area contributed by atoms with Crippen LogP contribution in [0.15, 0.2) is 5.51 Å². The van der Waals surface area contributed by atoms with Crippen LogP contribution in [0, 0.1) is 0 Å². The molecule has 0 N–H and O–H groups in total. The van der Waals surface area contributed by atoms with E-state index < -0.39 is 0 Å². The number of morpholine rings is 1. The first-order chi connectivity index (χ1) is 7.79. The van der Waals surface area contributed by atoms with Crippen molar-refractivity contribution in [2.75, 3.05) is 31.7 Å². The van der Waals surface area contributed by atoms with E-state index in [1.165, 1.54) is 18.4 Å². The topological polar surface area (TPSA) is 64.5 Å². The van der Waals surface area contributed by atoms with Crippen LogP contribution < -0.4 is 4.90 Å². The van der Waals surface area contributed by atoms with Crippen LogP contribution in [-0.4, -0.2) is 49.1 Å². The predicted molar refractivity (Wildman–Crippen MR) is 58.5 cm³/mol. The van der Waals surface area contributed by atoms with E-state index >= 15 is 0 Å². The van der Waals surface area contributed by atoms with Crippen molar-refractivity contribution in [2.45, 2.75) is 12.5 Å². The second kappa shape index (κ2) is 5.22. The molecule has 2 heterocycles. The first-order valence-corrected chi connectivity index (χ1v) is 5.87. The maximum atomic E-state index is 11.1. The van der Waals surface area contributed by atoms with Crippen molar-refractivity contribution in [3.8, 4) is 0 Å². The minimum Gasteiger partial charge on any atom is -0.469 e. The van der Waals surface area contributed by atoms with Crippen molar-refractivity contribution >= 4 is 22.4 Å². The lowest BCUT2D eigenvalue weighted by Gasteiger charge is -2.31. The second-order valence-electron chi connectivity index (χ2n) is 3.44. The monoisotopic (exact) mass is 243 g/mol. The zero-order chi connectivity index (χ0) is 11.4. The Morgan fingerprint density at radius 1 is 1.81 bits per heavy atom. The minimum atomic E-state index is -0.246. The molecule has 0 saturated carbocycles. The number of ether oxygens (including phenoxy) is 2. The highest BCUT2D eigenvalue weighted by Gasteiger charge is 2.24. The van der Waals surface area contributed by atoms with Crippen molar-refractivity contribution in [2.24, 2.45) is 0 Å². The number of aromatic nitrogens is 2. The van der Waals surface area contributed by atoms with E-state index in [0.29, 0.717) is 13.2 Å². The molecule has 1 aliphatic heterocycles. The molecule has 0 spiro atoms. The van der Waals surface area contributed by atoms with E-state index in [1.807, 2.05) is 0 Å². The minimum absolute atomic E-state index is 0.120. The van der Waals surface area contributed by atoms with E-state index in [0.717, 1.165) is 11.7 Å². The van der Waals surface area contributed by atoms with Crippen molar-refractivity contribution in [1.29, 1.82) is 0 Å². The Bertz CT molecular complexity index is 344. The summed E-state index contributed by atoms with van der Waals surface area (Å²) in [6, 6.07) is 0. The summed E-state index contributed by atoms with van der Waals surface area (Å²) in [5, 5.41) is 8.66. The van der Waals surface area contributed by atoms with Gasteiger partial charge in [-0.3, -0.25) is 4.79 Å². The van der Waals surface area contributed by atoms with Crippen LogP contribution in [0.4, 0.5) is 5.13 Å². The van der Waals surface area contributed by atoms with Gasteiger partial charge in [0.2, 0.25) is 5.13 Å². The van der Waals surface area contributed by atoms with Gasteiger partial charge in [-0.05, 0) is 0 Å². The van der Waals surface area contributed by atoms with Crippen LogP contribution in [0.5, 0.6) is 0 Å². The van der Waals surface area contributed by atoms with Crippen LogP contribution in [0.1, 0.15) is 6.42 Å². The third-order valence-corrected chi connectivity index (χ3v) is 3.13. The Kier molecular flexibility index (Phi) is 3.68. The van der Waals surface area contributed by atoms with Gasteiger partial charge in [0.15, 0.2) is 0 Å². The number of esters is 1. The average molecular weight is 243 g/mol. The van der Waals surface area contributed by atoms with E-state index in [2.05, 4.69) is 19.8 Å². The zero-order valence-electron chi connectivity index (χ0n) is 8.96. The largest absolute Gasteiger partial charge is 0.469 e. The molecule has 1 aliphatic rings. The van der Waals surface area contributed by atoms with E-state index in [9.17, 15) is 4.79 Å². The molecule has 1 fully saturated rings. The summed E-state index contributed by atoms with van der Waals surface area (Å²) in [6.45, 7) is 2.04. The molecule has 1 atom stereocenters. The molecule has 1 aromatic rings. The predicted octanol–water partition coefficient (Wildman–Crippen LogP) is 0.306. The summed E-state index contributed by atoms with van der Waals surface area (Å²) in [6.07, 6.45) is 0.163. The second-order valence-corrected chi connectivity index (χ2v) is 4.25. The van der Waals surface area contributed by atoms with Crippen molar-refractivity contribution < 1.29 is 14.3 Å². The summed E-state index contributed by atoms with van der Waals surface area (Å²) >= 11 is 1.49. The highest BCUT2D eigenvalue weighted by Crippen LogP contribution is 2.19.